The van der Waals surface area contributed by atoms with E-state index in [0.717, 1.165) is 5.56 Å². The Balaban J connectivity index is 1.98. The molecule has 118 valence electrons. The van der Waals surface area contributed by atoms with Gasteiger partial charge in [0.25, 0.3) is 0 Å². The van der Waals surface area contributed by atoms with Crippen LogP contribution < -0.4 is 5.32 Å². The van der Waals surface area contributed by atoms with Crippen LogP contribution in [-0.2, 0) is 11.8 Å². The molecule has 1 atom stereocenters. The zero-order valence-corrected chi connectivity index (χ0v) is 11.6. The van der Waals surface area contributed by atoms with Gasteiger partial charge in [-0.15, -0.1) is 0 Å². The minimum atomic E-state index is -4.34. The zero-order valence-electron chi connectivity index (χ0n) is 11.6. The fourth-order valence-electron chi connectivity index (χ4n) is 2.48. The molecule has 0 aromatic carbocycles. The molecule has 0 aliphatic heterocycles. The van der Waals surface area contributed by atoms with Crippen molar-refractivity contribution < 1.29 is 23.1 Å². The first-order valence-corrected chi connectivity index (χ1v) is 6.77. The summed E-state index contributed by atoms with van der Waals surface area (Å²) in [5.41, 5.74) is 0.745. The number of hydrogen-bond acceptors (Lipinski definition) is 3. The van der Waals surface area contributed by atoms with Crippen LogP contribution in [0.25, 0.3) is 0 Å². The van der Waals surface area contributed by atoms with Gasteiger partial charge in [-0.1, -0.05) is 0 Å². The van der Waals surface area contributed by atoms with Crippen LogP contribution in [0.1, 0.15) is 37.3 Å². The molecule has 2 N–H and O–H groups in total. The smallest absolute Gasteiger partial charge is 0.389 e. The van der Waals surface area contributed by atoms with E-state index >= 15 is 0 Å². The van der Waals surface area contributed by atoms with Crippen LogP contribution >= 0.6 is 0 Å². The number of nitrogens with one attached hydrogen (secondary N) is 1. The molecule has 2 rings (SSSR count). The molecule has 1 unspecified atom stereocenters. The van der Waals surface area contributed by atoms with E-state index < -0.39 is 37.1 Å². The summed E-state index contributed by atoms with van der Waals surface area (Å²) >= 11 is 0. The van der Waals surface area contributed by atoms with Crippen molar-refractivity contribution in [1.82, 2.24) is 15.1 Å². The maximum absolute atomic E-state index is 12.1. The Labute approximate surface area is 120 Å². The van der Waals surface area contributed by atoms with Crippen molar-refractivity contribution in [3.05, 3.63) is 18.0 Å². The lowest BCUT2D eigenvalue weighted by Gasteiger charge is -2.37. The molecule has 1 aromatic rings. The van der Waals surface area contributed by atoms with Crippen LogP contribution in [0.15, 0.2) is 12.4 Å². The first-order chi connectivity index (χ1) is 9.74. The summed E-state index contributed by atoms with van der Waals surface area (Å²) in [5.74, 6) is -0.610. The number of carbonyl (C=O) groups is 1. The Bertz CT molecular complexity index is 495. The van der Waals surface area contributed by atoms with Gasteiger partial charge in [0, 0.05) is 25.2 Å². The molecule has 0 bridgehead atoms. The van der Waals surface area contributed by atoms with E-state index in [1.165, 1.54) is 0 Å². The van der Waals surface area contributed by atoms with Gasteiger partial charge in [0.2, 0.25) is 5.91 Å². The fourth-order valence-corrected chi connectivity index (χ4v) is 2.48. The Hall–Kier alpha value is -1.57. The van der Waals surface area contributed by atoms with Crippen molar-refractivity contribution in [1.29, 1.82) is 0 Å². The Morgan fingerprint density at radius 2 is 2.24 bits per heavy atom. The fraction of sp³-hybridized carbons (Fsp3) is 0.692. The van der Waals surface area contributed by atoms with Crippen molar-refractivity contribution in [3.63, 3.8) is 0 Å². The molecule has 1 saturated carbocycles. The van der Waals surface area contributed by atoms with E-state index in [9.17, 15) is 23.1 Å². The number of aliphatic hydroxyl groups is 1. The molecule has 1 aliphatic rings. The molecule has 1 aliphatic carbocycles. The number of halogens is 3. The molecule has 5 nitrogen and oxygen atoms in total. The number of alkyl halides is 3. The SMILES string of the molecule is Cn1cc(C(NC(=O)CCC(F)(F)F)C2CC(O)C2)cn1. The summed E-state index contributed by atoms with van der Waals surface area (Å²) < 4.78 is 38.0. The first-order valence-electron chi connectivity index (χ1n) is 6.77. The lowest BCUT2D eigenvalue weighted by Crippen LogP contribution is -2.41. The van der Waals surface area contributed by atoms with E-state index in [1.54, 1.807) is 24.1 Å². The number of amides is 1. The van der Waals surface area contributed by atoms with Gasteiger partial charge >= 0.3 is 6.18 Å². The summed E-state index contributed by atoms with van der Waals surface area (Å²) in [4.78, 5) is 11.7. The third-order valence-corrected chi connectivity index (χ3v) is 3.66. The second kappa shape index (κ2) is 6.05. The predicted molar refractivity (Wildman–Crippen MR) is 68.1 cm³/mol. The van der Waals surface area contributed by atoms with Crippen LogP contribution in [0.5, 0.6) is 0 Å². The number of aliphatic hydroxyl groups excluding tert-OH is 1. The third-order valence-electron chi connectivity index (χ3n) is 3.66. The van der Waals surface area contributed by atoms with Crippen LogP contribution in [-0.4, -0.2) is 33.1 Å². The largest absolute Gasteiger partial charge is 0.393 e. The minimum absolute atomic E-state index is 0.0269. The summed E-state index contributed by atoms with van der Waals surface area (Å²) in [5, 5.41) is 16.0. The number of hydrogen-bond donors (Lipinski definition) is 2. The van der Waals surface area contributed by atoms with Gasteiger partial charge in [0.15, 0.2) is 0 Å². The molecule has 1 amide bonds. The standard InChI is InChI=1S/C13H18F3N3O2/c1-19-7-9(6-17-19)12(8-4-10(20)5-8)18-11(21)2-3-13(14,15)16/h6-8,10,12,20H,2-5H2,1H3,(H,18,21). The Morgan fingerprint density at radius 1 is 1.57 bits per heavy atom. The maximum atomic E-state index is 12.1. The zero-order chi connectivity index (χ0) is 15.6. The second-order valence-corrected chi connectivity index (χ2v) is 5.49. The van der Waals surface area contributed by atoms with Crippen LogP contribution in [0.4, 0.5) is 13.2 Å². The first kappa shape index (κ1) is 15.8. The topological polar surface area (TPSA) is 67.2 Å². The van der Waals surface area contributed by atoms with E-state index in [0.29, 0.717) is 12.8 Å². The number of aromatic nitrogens is 2. The summed E-state index contributed by atoms with van der Waals surface area (Å²) in [6, 6.07) is -0.400. The summed E-state index contributed by atoms with van der Waals surface area (Å²) in [7, 11) is 1.72. The lowest BCUT2D eigenvalue weighted by atomic mass is 9.75. The van der Waals surface area contributed by atoms with Gasteiger partial charge in [-0.2, -0.15) is 18.3 Å². The highest BCUT2D eigenvalue weighted by Gasteiger charge is 2.36. The minimum Gasteiger partial charge on any atom is -0.393 e. The molecule has 21 heavy (non-hydrogen) atoms. The van der Waals surface area contributed by atoms with E-state index in [-0.39, 0.29) is 5.92 Å². The van der Waals surface area contributed by atoms with Gasteiger partial charge < -0.3 is 10.4 Å². The molecule has 0 saturated heterocycles. The van der Waals surface area contributed by atoms with Gasteiger partial charge in [0.1, 0.15) is 0 Å². The van der Waals surface area contributed by atoms with E-state index in [1.807, 2.05) is 0 Å². The quantitative estimate of drug-likeness (QED) is 0.870. The van der Waals surface area contributed by atoms with E-state index in [4.69, 9.17) is 0 Å². The average molecular weight is 305 g/mol. The molecule has 0 radical (unpaired) electrons. The van der Waals surface area contributed by atoms with Gasteiger partial charge in [-0.05, 0) is 18.8 Å². The van der Waals surface area contributed by atoms with Gasteiger partial charge in [-0.25, -0.2) is 0 Å². The predicted octanol–water partition coefficient (Wildman–Crippen LogP) is 1.69. The van der Waals surface area contributed by atoms with E-state index in [2.05, 4.69) is 10.4 Å². The van der Waals surface area contributed by atoms with Crippen molar-refractivity contribution in [3.8, 4) is 0 Å². The maximum Gasteiger partial charge on any atom is 0.389 e. The third kappa shape index (κ3) is 4.45. The number of nitrogens with zero attached hydrogens (tertiary/aromatic N) is 2. The highest BCUT2D eigenvalue weighted by molar-refractivity contribution is 5.76. The molecule has 1 heterocycles. The Kier molecular flexibility index (Phi) is 4.55. The van der Waals surface area contributed by atoms with Crippen molar-refractivity contribution >= 4 is 5.91 Å². The van der Waals surface area contributed by atoms with Crippen molar-refractivity contribution in [2.45, 2.75) is 44.0 Å². The molecular formula is C13H18F3N3O2. The van der Waals surface area contributed by atoms with Crippen LogP contribution in [0.3, 0.4) is 0 Å². The van der Waals surface area contributed by atoms with Crippen molar-refractivity contribution in [2.75, 3.05) is 0 Å². The molecule has 0 spiro atoms. The summed E-state index contributed by atoms with van der Waals surface area (Å²) in [6.45, 7) is 0. The average Bonchev–Trinajstić information content (AvgIpc) is 2.76. The van der Waals surface area contributed by atoms with Gasteiger partial charge in [0.05, 0.1) is 24.8 Å². The van der Waals surface area contributed by atoms with Gasteiger partial charge in [-0.3, -0.25) is 9.48 Å². The number of carbonyl (C=O) groups excluding carboxylic acids is 1. The molecule has 1 fully saturated rings. The molecule has 1 aromatic heterocycles. The van der Waals surface area contributed by atoms with Crippen LogP contribution in [0, 0.1) is 5.92 Å². The highest BCUT2D eigenvalue weighted by atomic mass is 19.4. The highest BCUT2D eigenvalue weighted by Crippen LogP contribution is 2.38. The number of aryl methyl sites for hydroxylation is 1. The Morgan fingerprint density at radius 3 is 2.71 bits per heavy atom. The normalized spacial score (nSPS) is 23.5. The monoisotopic (exact) mass is 305 g/mol. The van der Waals surface area contributed by atoms with Crippen molar-refractivity contribution in [2.24, 2.45) is 13.0 Å². The van der Waals surface area contributed by atoms with Crippen LogP contribution in [0.2, 0.25) is 0 Å². The number of rotatable bonds is 5. The second-order valence-electron chi connectivity index (χ2n) is 5.49. The molecular weight excluding hydrogens is 287 g/mol. The lowest BCUT2D eigenvalue weighted by molar-refractivity contribution is -0.144. The summed E-state index contributed by atoms with van der Waals surface area (Å²) in [6.07, 6.45) is -2.10. The molecule has 8 heteroatoms.